The summed E-state index contributed by atoms with van der Waals surface area (Å²) in [5.74, 6) is -0.853. The summed E-state index contributed by atoms with van der Waals surface area (Å²) < 4.78 is 18.4. The van der Waals surface area contributed by atoms with E-state index in [1.165, 1.54) is 18.3 Å². The number of nitrogens with two attached hydrogens (primary N) is 1. The molecule has 1 aromatic heterocycles. The van der Waals surface area contributed by atoms with Crippen molar-refractivity contribution in [3.8, 4) is 39.6 Å². The number of carboxylic acids is 1. The minimum atomic E-state index is -1.30. The van der Waals surface area contributed by atoms with Crippen LogP contribution in [0.3, 0.4) is 0 Å². The molecule has 1 saturated heterocycles. The van der Waals surface area contributed by atoms with Gasteiger partial charge in [-0.15, -0.1) is 0 Å². The largest absolute Gasteiger partial charge is 0.545 e. The number of benzene rings is 3. The van der Waals surface area contributed by atoms with Crippen LogP contribution in [0.2, 0.25) is 0 Å². The fraction of sp³-hybridized carbons (Fsp3) is 0.270. The van der Waals surface area contributed by atoms with Crippen LogP contribution in [0.5, 0.6) is 17.2 Å². The van der Waals surface area contributed by atoms with Gasteiger partial charge in [0.25, 0.3) is 5.91 Å². The topological polar surface area (TPSA) is 161 Å². The molecule has 3 aromatic carbocycles. The predicted octanol–water partition coefficient (Wildman–Crippen LogP) is 4.32. The molecule has 2 N–H and O–H groups in total. The number of aromatic carboxylic acids is 1. The number of pyridine rings is 1. The Balaban J connectivity index is 1.21. The molecule has 3 heterocycles. The van der Waals surface area contributed by atoms with Crippen LogP contribution in [0.1, 0.15) is 74.5 Å². The molecule has 1 fully saturated rings. The Hall–Kier alpha value is -5.71. The number of piperidine rings is 1. The summed E-state index contributed by atoms with van der Waals surface area (Å²) in [5, 5.41) is 11.5. The second-order valence-corrected chi connectivity index (χ2v) is 11.8. The lowest BCUT2D eigenvalue weighted by molar-refractivity contribution is -0.255. The maximum Gasteiger partial charge on any atom is 0.254 e. The molecule has 2 aliphatic rings. The van der Waals surface area contributed by atoms with Crippen molar-refractivity contribution >= 4 is 23.6 Å². The van der Waals surface area contributed by atoms with Crippen LogP contribution in [0, 0.1) is 0 Å². The first kappa shape index (κ1) is 32.2. The lowest BCUT2D eigenvalue weighted by atomic mass is 9.82. The van der Waals surface area contributed by atoms with Crippen molar-refractivity contribution in [3.05, 3.63) is 95.2 Å². The van der Waals surface area contributed by atoms with Crippen LogP contribution in [0.4, 0.5) is 0 Å². The first-order chi connectivity index (χ1) is 23.1. The highest BCUT2D eigenvalue weighted by Crippen LogP contribution is 2.43. The number of fused-ring (bicyclic) bond motifs is 1. The number of carbonyl (C=O) groups excluding carboxylic acids is 4. The molecule has 2 aliphatic heterocycles. The van der Waals surface area contributed by atoms with Crippen LogP contribution in [0.15, 0.2) is 72.9 Å². The molecular weight excluding hydrogens is 614 g/mol. The van der Waals surface area contributed by atoms with Gasteiger partial charge < -0.3 is 34.7 Å². The van der Waals surface area contributed by atoms with Crippen LogP contribution in [-0.4, -0.2) is 65.4 Å². The van der Waals surface area contributed by atoms with E-state index < -0.39 is 17.5 Å². The third kappa shape index (κ3) is 6.31. The van der Waals surface area contributed by atoms with E-state index in [9.17, 15) is 24.3 Å². The highest BCUT2D eigenvalue weighted by molar-refractivity contribution is 6.02. The number of Topliss-reactive ketones (excluding diaryl/α,β-unsaturated/α-hetero) is 1. The van der Waals surface area contributed by atoms with E-state index in [0.717, 1.165) is 0 Å². The zero-order valence-electron chi connectivity index (χ0n) is 26.6. The Labute approximate surface area is 277 Å². The number of nitrogens with zero attached hydrogens (tertiary/aromatic N) is 2. The molecule has 0 bridgehead atoms. The van der Waals surface area contributed by atoms with E-state index >= 15 is 0 Å². The van der Waals surface area contributed by atoms with Gasteiger partial charge in [0.15, 0.2) is 5.78 Å². The lowest BCUT2D eigenvalue weighted by Gasteiger charge is -2.44. The first-order valence-corrected chi connectivity index (χ1v) is 15.8. The molecule has 6 rings (SSSR count). The van der Waals surface area contributed by atoms with Crippen molar-refractivity contribution in [1.29, 1.82) is 0 Å². The molecule has 0 aliphatic carbocycles. The number of aromatic nitrogens is 1. The van der Waals surface area contributed by atoms with Gasteiger partial charge in [-0.3, -0.25) is 19.4 Å². The summed E-state index contributed by atoms with van der Waals surface area (Å²) >= 11 is 0. The van der Waals surface area contributed by atoms with Gasteiger partial charge in [-0.1, -0.05) is 18.2 Å². The fourth-order valence-corrected chi connectivity index (χ4v) is 6.28. The van der Waals surface area contributed by atoms with E-state index in [-0.39, 0.29) is 23.7 Å². The van der Waals surface area contributed by atoms with Crippen molar-refractivity contribution in [2.24, 2.45) is 5.73 Å². The molecule has 1 spiro atoms. The van der Waals surface area contributed by atoms with Gasteiger partial charge in [-0.2, -0.15) is 0 Å². The predicted molar refractivity (Wildman–Crippen MR) is 174 cm³/mol. The molecule has 0 saturated carbocycles. The van der Waals surface area contributed by atoms with E-state index in [0.29, 0.717) is 95.5 Å². The maximum absolute atomic E-state index is 13.9. The second kappa shape index (κ2) is 13.2. The summed E-state index contributed by atoms with van der Waals surface area (Å²) in [6.07, 6.45) is 2.52. The number of carbonyl (C=O) groups is 4. The molecule has 0 unspecified atom stereocenters. The molecule has 4 aromatic rings. The molecule has 0 radical (unpaired) electrons. The molecule has 48 heavy (non-hydrogen) atoms. The van der Waals surface area contributed by atoms with Gasteiger partial charge in [-0.05, 0) is 73.5 Å². The Bertz CT molecular complexity index is 1890. The van der Waals surface area contributed by atoms with Gasteiger partial charge >= 0.3 is 0 Å². The highest BCUT2D eigenvalue weighted by Gasteiger charge is 2.44. The normalized spacial score (nSPS) is 15.0. The Kier molecular flexibility index (Phi) is 8.86. The number of likely N-dealkylation sites (tertiary alicyclic amines) is 1. The number of primary amides is 1. The lowest BCUT2D eigenvalue weighted by Crippen LogP contribution is -2.52. The van der Waals surface area contributed by atoms with E-state index in [2.05, 4.69) is 4.98 Å². The van der Waals surface area contributed by atoms with Crippen LogP contribution in [0.25, 0.3) is 22.4 Å². The molecule has 2 amide bonds. The average Bonchev–Trinajstić information content (AvgIpc) is 3.08. The highest BCUT2D eigenvalue weighted by atomic mass is 16.5. The Morgan fingerprint density at radius 3 is 2.21 bits per heavy atom. The zero-order chi connectivity index (χ0) is 34.0. The summed E-state index contributed by atoms with van der Waals surface area (Å²) in [7, 11) is 0. The zero-order valence-corrected chi connectivity index (χ0v) is 26.6. The summed E-state index contributed by atoms with van der Waals surface area (Å²) in [6.45, 7) is 5.02. The van der Waals surface area contributed by atoms with E-state index in [4.69, 9.17) is 19.9 Å². The van der Waals surface area contributed by atoms with Crippen molar-refractivity contribution < 1.29 is 38.5 Å². The number of ether oxygens (including phenoxy) is 3. The number of ketones is 1. The molecule has 11 heteroatoms. The SMILES string of the molecule is CCOc1cc(C(=O)N2CCC3(CC2)CC(=O)c2cc(-c4ccc(C(N)=O)cn4)ccc2O3)cc(OCC)c1-c1cccc(C(=O)[O-])c1. The number of amides is 2. The molecule has 246 valence electrons. The van der Waals surface area contributed by atoms with Crippen LogP contribution in [-0.2, 0) is 0 Å². The van der Waals surface area contributed by atoms with Crippen LogP contribution < -0.4 is 25.1 Å². The average molecular weight is 649 g/mol. The minimum absolute atomic E-state index is 0.0136. The first-order valence-electron chi connectivity index (χ1n) is 15.8. The summed E-state index contributed by atoms with van der Waals surface area (Å²) in [6, 6.07) is 18.2. The van der Waals surface area contributed by atoms with Gasteiger partial charge in [0.1, 0.15) is 22.8 Å². The molecule has 0 atom stereocenters. The summed E-state index contributed by atoms with van der Waals surface area (Å²) in [4.78, 5) is 56.3. The fourth-order valence-electron chi connectivity index (χ4n) is 6.28. The second-order valence-electron chi connectivity index (χ2n) is 11.8. The third-order valence-electron chi connectivity index (χ3n) is 8.69. The minimum Gasteiger partial charge on any atom is -0.545 e. The smallest absolute Gasteiger partial charge is 0.254 e. The number of hydrogen-bond acceptors (Lipinski definition) is 9. The number of carboxylic acid groups (broad SMARTS) is 1. The number of rotatable bonds is 9. The summed E-state index contributed by atoms with van der Waals surface area (Å²) in [5.41, 5.74) is 8.16. The molecule has 11 nitrogen and oxygen atoms in total. The van der Waals surface area contributed by atoms with Crippen LogP contribution >= 0.6 is 0 Å². The maximum atomic E-state index is 13.9. The number of hydrogen-bond donors (Lipinski definition) is 1. The standard InChI is InChI=1S/C37H35N3O8/c1-3-46-31-18-26(19-32(47-4-2)33(31)23-6-5-7-24(16-23)36(44)45)35(43)40-14-12-37(13-15-40)20-29(41)27-17-22(9-11-30(27)48-37)28-10-8-25(21-39-28)34(38)42/h5-11,16-19,21H,3-4,12-15,20H2,1-2H3,(H2,38,42)(H,44,45)/p-1. The Morgan fingerprint density at radius 1 is 0.896 bits per heavy atom. The van der Waals surface area contributed by atoms with Gasteiger partial charge in [0.05, 0.1) is 48.0 Å². The third-order valence-corrected chi connectivity index (χ3v) is 8.69. The van der Waals surface area contributed by atoms with Crippen molar-refractivity contribution in [3.63, 3.8) is 0 Å². The van der Waals surface area contributed by atoms with Crippen molar-refractivity contribution in [1.82, 2.24) is 9.88 Å². The van der Waals surface area contributed by atoms with Crippen molar-refractivity contribution in [2.75, 3.05) is 26.3 Å². The van der Waals surface area contributed by atoms with Gasteiger partial charge in [-0.25, -0.2) is 0 Å². The van der Waals surface area contributed by atoms with Gasteiger partial charge in [0.2, 0.25) is 5.91 Å². The quantitative estimate of drug-likeness (QED) is 0.279. The molecular formula is C37H34N3O8-. The van der Waals surface area contributed by atoms with E-state index in [1.54, 1.807) is 53.4 Å². The van der Waals surface area contributed by atoms with Crippen molar-refractivity contribution in [2.45, 2.75) is 38.7 Å². The monoisotopic (exact) mass is 648 g/mol. The Morgan fingerprint density at radius 2 is 1.60 bits per heavy atom. The van der Waals surface area contributed by atoms with Gasteiger partial charge in [0, 0.05) is 43.3 Å². The van der Waals surface area contributed by atoms with E-state index in [1.807, 2.05) is 19.9 Å².